The molecule has 0 aromatic heterocycles. The third-order valence-electron chi connectivity index (χ3n) is 3.87. The number of anilines is 1. The van der Waals surface area contributed by atoms with Gasteiger partial charge in [0.15, 0.2) is 0 Å². The van der Waals surface area contributed by atoms with E-state index in [1.54, 1.807) is 7.11 Å². The number of ether oxygens (including phenoxy) is 1. The summed E-state index contributed by atoms with van der Waals surface area (Å²) in [5.41, 5.74) is 7.68. The van der Waals surface area contributed by atoms with Crippen LogP contribution in [0.5, 0.6) is 5.75 Å². The number of likely N-dealkylation sites (tertiary alicyclic amines) is 1. The third kappa shape index (κ3) is 3.63. The SMILES string of the molecule is COc1ccc(CCN2CCCC(C(=O)O)C2)cc1N. The minimum atomic E-state index is -0.677. The van der Waals surface area contributed by atoms with Crippen LogP contribution in [0, 0.1) is 5.92 Å². The van der Waals surface area contributed by atoms with Crippen molar-refractivity contribution in [2.45, 2.75) is 19.3 Å². The summed E-state index contributed by atoms with van der Waals surface area (Å²) in [6.45, 7) is 2.51. The van der Waals surface area contributed by atoms with Crippen LogP contribution in [0.25, 0.3) is 0 Å². The zero-order valence-corrected chi connectivity index (χ0v) is 11.8. The van der Waals surface area contributed by atoms with Crippen LogP contribution in [-0.2, 0) is 11.2 Å². The fourth-order valence-electron chi connectivity index (χ4n) is 2.69. The fourth-order valence-corrected chi connectivity index (χ4v) is 2.69. The Bertz CT molecular complexity index is 476. The van der Waals surface area contributed by atoms with E-state index in [4.69, 9.17) is 15.6 Å². The lowest BCUT2D eigenvalue weighted by Crippen LogP contribution is -2.39. The molecule has 110 valence electrons. The summed E-state index contributed by atoms with van der Waals surface area (Å²) in [7, 11) is 1.60. The van der Waals surface area contributed by atoms with Crippen LogP contribution in [0.1, 0.15) is 18.4 Å². The Hall–Kier alpha value is -1.75. The molecule has 1 heterocycles. The van der Waals surface area contributed by atoms with E-state index in [0.717, 1.165) is 37.9 Å². The lowest BCUT2D eigenvalue weighted by Gasteiger charge is -2.30. The molecule has 1 aliphatic rings. The maximum absolute atomic E-state index is 11.0. The third-order valence-corrected chi connectivity index (χ3v) is 3.87. The molecule has 0 saturated carbocycles. The van der Waals surface area contributed by atoms with Crippen molar-refractivity contribution in [2.24, 2.45) is 5.92 Å². The van der Waals surface area contributed by atoms with Gasteiger partial charge in [0.2, 0.25) is 0 Å². The summed E-state index contributed by atoms with van der Waals surface area (Å²) in [6, 6.07) is 5.81. The average Bonchev–Trinajstić information content (AvgIpc) is 2.45. The Morgan fingerprint density at radius 1 is 1.55 bits per heavy atom. The van der Waals surface area contributed by atoms with E-state index in [2.05, 4.69) is 4.90 Å². The van der Waals surface area contributed by atoms with Crippen molar-refractivity contribution in [1.82, 2.24) is 4.90 Å². The van der Waals surface area contributed by atoms with Gasteiger partial charge in [0.25, 0.3) is 0 Å². The topological polar surface area (TPSA) is 75.8 Å². The summed E-state index contributed by atoms with van der Waals surface area (Å²) in [6.07, 6.45) is 2.63. The number of benzene rings is 1. The van der Waals surface area contributed by atoms with E-state index < -0.39 is 5.97 Å². The molecule has 0 amide bonds. The summed E-state index contributed by atoms with van der Waals surface area (Å²) in [4.78, 5) is 13.3. The van der Waals surface area contributed by atoms with Gasteiger partial charge in [-0.25, -0.2) is 0 Å². The Kier molecular flexibility index (Phi) is 4.84. The van der Waals surface area contributed by atoms with Crippen LogP contribution in [0.3, 0.4) is 0 Å². The molecule has 5 nitrogen and oxygen atoms in total. The molecule has 1 atom stereocenters. The first kappa shape index (κ1) is 14.7. The minimum Gasteiger partial charge on any atom is -0.495 e. The predicted octanol–water partition coefficient (Wildman–Crippen LogP) is 1.62. The maximum Gasteiger partial charge on any atom is 0.307 e. The number of rotatable bonds is 5. The van der Waals surface area contributed by atoms with E-state index >= 15 is 0 Å². The molecule has 2 rings (SSSR count). The molecule has 1 fully saturated rings. The maximum atomic E-state index is 11.0. The highest BCUT2D eigenvalue weighted by molar-refractivity contribution is 5.70. The van der Waals surface area contributed by atoms with E-state index in [-0.39, 0.29) is 5.92 Å². The molecule has 5 heteroatoms. The molecule has 0 aliphatic carbocycles. The largest absolute Gasteiger partial charge is 0.495 e. The van der Waals surface area contributed by atoms with Crippen molar-refractivity contribution in [1.29, 1.82) is 0 Å². The van der Waals surface area contributed by atoms with Crippen LogP contribution in [0.2, 0.25) is 0 Å². The molecular formula is C15H22N2O3. The van der Waals surface area contributed by atoms with Crippen LogP contribution >= 0.6 is 0 Å². The Morgan fingerprint density at radius 2 is 2.35 bits per heavy atom. The number of hydrogen-bond donors (Lipinski definition) is 2. The van der Waals surface area contributed by atoms with E-state index in [1.165, 1.54) is 0 Å². The number of carboxylic acid groups (broad SMARTS) is 1. The van der Waals surface area contributed by atoms with Crippen molar-refractivity contribution in [2.75, 3.05) is 32.5 Å². The number of methoxy groups -OCH3 is 1. The van der Waals surface area contributed by atoms with Gasteiger partial charge in [-0.15, -0.1) is 0 Å². The molecule has 1 aliphatic heterocycles. The number of nitrogens with two attached hydrogens (primary N) is 1. The zero-order chi connectivity index (χ0) is 14.5. The van der Waals surface area contributed by atoms with Crippen molar-refractivity contribution in [3.8, 4) is 5.75 Å². The predicted molar refractivity (Wildman–Crippen MR) is 77.9 cm³/mol. The number of nitrogen functional groups attached to an aromatic ring is 1. The smallest absolute Gasteiger partial charge is 0.307 e. The van der Waals surface area contributed by atoms with E-state index in [0.29, 0.717) is 18.0 Å². The number of nitrogens with zero attached hydrogens (tertiary/aromatic N) is 1. The second-order valence-corrected chi connectivity index (χ2v) is 5.30. The second-order valence-electron chi connectivity index (χ2n) is 5.30. The Balaban J connectivity index is 1.88. The number of piperidine rings is 1. The number of hydrogen-bond acceptors (Lipinski definition) is 4. The molecular weight excluding hydrogens is 256 g/mol. The highest BCUT2D eigenvalue weighted by atomic mass is 16.5. The Labute approximate surface area is 119 Å². The van der Waals surface area contributed by atoms with Gasteiger partial charge in [0, 0.05) is 13.1 Å². The average molecular weight is 278 g/mol. The van der Waals surface area contributed by atoms with Crippen LogP contribution < -0.4 is 10.5 Å². The van der Waals surface area contributed by atoms with Crippen LogP contribution in [0.15, 0.2) is 18.2 Å². The van der Waals surface area contributed by atoms with Gasteiger partial charge in [0.1, 0.15) is 5.75 Å². The number of carboxylic acids is 1. The standard InChI is InChI=1S/C15H22N2O3/c1-20-14-5-4-11(9-13(14)16)6-8-17-7-2-3-12(10-17)15(18)19/h4-5,9,12H,2-3,6-8,10,16H2,1H3,(H,18,19). The monoisotopic (exact) mass is 278 g/mol. The minimum absolute atomic E-state index is 0.218. The van der Waals surface area contributed by atoms with Crippen LogP contribution in [-0.4, -0.2) is 42.7 Å². The molecule has 1 saturated heterocycles. The molecule has 0 spiro atoms. The molecule has 3 N–H and O–H groups in total. The highest BCUT2D eigenvalue weighted by Crippen LogP contribution is 2.23. The molecule has 0 radical (unpaired) electrons. The Morgan fingerprint density at radius 3 is 3.00 bits per heavy atom. The van der Waals surface area contributed by atoms with Gasteiger partial charge in [-0.2, -0.15) is 0 Å². The summed E-state index contributed by atoms with van der Waals surface area (Å²) < 4.78 is 5.13. The van der Waals surface area contributed by atoms with E-state index in [9.17, 15) is 4.79 Å². The van der Waals surface area contributed by atoms with Gasteiger partial charge >= 0.3 is 5.97 Å². The first-order chi connectivity index (χ1) is 9.60. The van der Waals surface area contributed by atoms with Crippen LogP contribution in [0.4, 0.5) is 5.69 Å². The van der Waals surface area contributed by atoms with Gasteiger partial charge in [0.05, 0.1) is 18.7 Å². The first-order valence-corrected chi connectivity index (χ1v) is 6.97. The van der Waals surface area contributed by atoms with Crippen molar-refractivity contribution in [3.05, 3.63) is 23.8 Å². The fraction of sp³-hybridized carbons (Fsp3) is 0.533. The van der Waals surface area contributed by atoms with Gasteiger partial charge in [-0.3, -0.25) is 4.79 Å². The first-order valence-electron chi connectivity index (χ1n) is 6.97. The van der Waals surface area contributed by atoms with Gasteiger partial charge in [-0.1, -0.05) is 6.07 Å². The summed E-state index contributed by atoms with van der Waals surface area (Å²) >= 11 is 0. The van der Waals surface area contributed by atoms with Crippen molar-refractivity contribution >= 4 is 11.7 Å². The molecule has 20 heavy (non-hydrogen) atoms. The molecule has 1 unspecified atom stereocenters. The lowest BCUT2D eigenvalue weighted by molar-refractivity contribution is -0.143. The number of carbonyl (C=O) groups is 1. The molecule has 1 aromatic rings. The summed E-state index contributed by atoms with van der Waals surface area (Å²) in [5, 5.41) is 9.08. The van der Waals surface area contributed by atoms with Crippen molar-refractivity contribution in [3.63, 3.8) is 0 Å². The van der Waals surface area contributed by atoms with Crippen molar-refractivity contribution < 1.29 is 14.6 Å². The van der Waals surface area contributed by atoms with E-state index in [1.807, 2.05) is 18.2 Å². The van der Waals surface area contributed by atoms with Gasteiger partial charge < -0.3 is 20.5 Å². The second kappa shape index (κ2) is 6.61. The normalized spacial score (nSPS) is 19.8. The molecule has 0 bridgehead atoms. The van der Waals surface area contributed by atoms with Gasteiger partial charge in [-0.05, 0) is 43.5 Å². The number of aliphatic carboxylic acids is 1. The zero-order valence-electron chi connectivity index (χ0n) is 11.8. The highest BCUT2D eigenvalue weighted by Gasteiger charge is 2.24. The summed E-state index contributed by atoms with van der Waals surface area (Å²) in [5.74, 6) is -0.203. The molecule has 1 aromatic carbocycles. The quantitative estimate of drug-likeness (QED) is 0.800. The lowest BCUT2D eigenvalue weighted by atomic mass is 9.98.